The van der Waals surface area contributed by atoms with Crippen LogP contribution in [-0.2, 0) is 28.4 Å². The number of halogens is 2. The number of likely N-dealkylation sites (N-methyl/N-ethyl adjacent to an activating group) is 1. The van der Waals surface area contributed by atoms with E-state index in [0.717, 1.165) is 149 Å². The van der Waals surface area contributed by atoms with Gasteiger partial charge in [-0.2, -0.15) is 0 Å². The Bertz CT molecular complexity index is 4440. The molecule has 8 unspecified atom stereocenters. The molecule has 25 nitrogen and oxygen atoms in total. The molecule has 0 aromatic heterocycles. The summed E-state index contributed by atoms with van der Waals surface area (Å²) < 4.78 is 60.2. The highest BCUT2D eigenvalue weighted by atomic mass is 19.3. The zero-order valence-corrected chi connectivity index (χ0v) is 95.3. The molecule has 0 radical (unpaired) electrons. The number of carbonyl (C=O) groups excluding carboxylic acids is 6. The number of piperidine rings is 10. The number of anilines is 1. The zero-order valence-electron chi connectivity index (χ0n) is 95.3. The number of alkyl halides is 2. The van der Waals surface area contributed by atoms with Crippen molar-refractivity contribution < 1.29 is 66.0 Å². The van der Waals surface area contributed by atoms with Gasteiger partial charge >= 0.3 is 36.6 Å². The van der Waals surface area contributed by atoms with Gasteiger partial charge in [-0.05, 0) is 386 Å². The van der Waals surface area contributed by atoms with Gasteiger partial charge in [0.1, 0.15) is 33.6 Å². The number of piperazine rings is 1. The molecule has 0 saturated carbocycles. The van der Waals surface area contributed by atoms with E-state index in [0.29, 0.717) is 61.8 Å². The molecule has 3 aromatic carbocycles. The summed E-state index contributed by atoms with van der Waals surface area (Å²) in [5.74, 6) is -1.88. The van der Waals surface area contributed by atoms with Crippen molar-refractivity contribution in [3.8, 4) is 0 Å². The van der Waals surface area contributed by atoms with Gasteiger partial charge in [-0.15, -0.1) is 0 Å². The van der Waals surface area contributed by atoms with E-state index in [9.17, 15) is 37.5 Å². The minimum Gasteiger partial charge on any atom is -0.444 e. The van der Waals surface area contributed by atoms with E-state index in [1.165, 1.54) is 87.8 Å². The lowest BCUT2D eigenvalue weighted by molar-refractivity contribution is -0.0759. The minimum atomic E-state index is -2.51. The Kier molecular flexibility index (Phi) is 41.2. The first kappa shape index (κ1) is 119. The third kappa shape index (κ3) is 36.9. The highest BCUT2D eigenvalue weighted by Gasteiger charge is 2.50. The summed E-state index contributed by atoms with van der Waals surface area (Å²) >= 11 is 0. The topological polar surface area (TPSA) is 200 Å². The molecule has 11 fully saturated rings. The van der Waals surface area contributed by atoms with E-state index in [1.54, 1.807) is 4.90 Å². The summed E-state index contributed by atoms with van der Waals surface area (Å²) in [4.78, 5) is 104. The molecule has 3 aromatic rings. The minimum absolute atomic E-state index is 0.0558. The van der Waals surface area contributed by atoms with Crippen LogP contribution >= 0.6 is 0 Å². The number of benzene rings is 3. The van der Waals surface area contributed by atoms with Crippen LogP contribution in [0.5, 0.6) is 0 Å². The van der Waals surface area contributed by atoms with E-state index < -0.39 is 39.5 Å². The van der Waals surface area contributed by atoms with E-state index in [-0.39, 0.29) is 88.7 Å². The normalized spacial score (nSPS) is 26.3. The van der Waals surface area contributed by atoms with Gasteiger partial charge in [-0.3, -0.25) is 19.6 Å². The van der Waals surface area contributed by atoms with Crippen LogP contribution in [0.2, 0.25) is 0 Å². The Labute approximate surface area is 864 Å². The Morgan fingerprint density at radius 2 is 0.587 bits per heavy atom. The smallest absolute Gasteiger partial charge is 0.410 e. The van der Waals surface area contributed by atoms with Crippen LogP contribution in [0.15, 0.2) is 91.0 Å². The van der Waals surface area contributed by atoms with Gasteiger partial charge in [0, 0.05) is 186 Å². The molecule has 0 spiro atoms. The fourth-order valence-electron chi connectivity index (χ4n) is 23.3. The number of para-hydroxylation sites is 1. The van der Waals surface area contributed by atoms with Gasteiger partial charge < -0.3 is 72.5 Å². The highest BCUT2D eigenvalue weighted by Crippen LogP contribution is 2.44. The van der Waals surface area contributed by atoms with Crippen molar-refractivity contribution in [2.24, 2.45) is 0 Å². The highest BCUT2D eigenvalue weighted by molar-refractivity contribution is 5.72. The molecule has 0 bridgehead atoms. The van der Waals surface area contributed by atoms with Crippen molar-refractivity contribution in [1.29, 1.82) is 0 Å². The molecule has 812 valence electrons. The summed E-state index contributed by atoms with van der Waals surface area (Å²) in [5, 5.41) is 0. The van der Waals surface area contributed by atoms with Crippen LogP contribution < -0.4 is 4.90 Å². The first-order valence-corrected chi connectivity index (χ1v) is 54.8. The van der Waals surface area contributed by atoms with Crippen LogP contribution in [0, 0.1) is 0 Å². The lowest BCUT2D eigenvalue weighted by Gasteiger charge is -2.51. The number of hydrogen-bond acceptors (Lipinski definition) is 19. The molecule has 14 rings (SSSR count). The molecule has 27 heteroatoms. The van der Waals surface area contributed by atoms with Gasteiger partial charge in [-0.25, -0.2) is 37.5 Å². The molecule has 8 atom stereocenters. The number of nitrogens with zero attached hydrogens (tertiary/aromatic N) is 13. The third-order valence-electron chi connectivity index (χ3n) is 30.8. The summed E-state index contributed by atoms with van der Waals surface area (Å²) in [6, 6.07) is 35.8. The van der Waals surface area contributed by atoms with Crippen LogP contribution in [-0.4, -0.2) is 330 Å². The fourth-order valence-corrected chi connectivity index (χ4v) is 23.3. The van der Waals surface area contributed by atoms with Gasteiger partial charge in [0.15, 0.2) is 0 Å². The molecule has 11 saturated heterocycles. The van der Waals surface area contributed by atoms with E-state index in [4.69, 9.17) is 28.4 Å². The Hall–Kier alpha value is -7.30. The van der Waals surface area contributed by atoms with Crippen molar-refractivity contribution in [3.63, 3.8) is 0 Å². The van der Waals surface area contributed by atoms with Gasteiger partial charge in [0.2, 0.25) is 0 Å². The molecule has 11 heterocycles. The number of hydrogen-bond donors (Lipinski definition) is 0. The molecule has 0 aliphatic carbocycles. The van der Waals surface area contributed by atoms with E-state index in [1.807, 2.05) is 169 Å². The van der Waals surface area contributed by atoms with Crippen molar-refractivity contribution in [2.45, 2.75) is 470 Å². The van der Waals surface area contributed by atoms with Gasteiger partial charge in [0.25, 0.3) is 5.92 Å². The molecular weight excluding hydrogens is 1810 g/mol. The fraction of sp³-hybridized carbons (Fsp3) is 0.793. The average Bonchev–Trinajstić information content (AvgIpc) is 0.794. The van der Waals surface area contributed by atoms with Crippen LogP contribution in [0.25, 0.3) is 0 Å². The van der Waals surface area contributed by atoms with Gasteiger partial charge in [0.05, 0.1) is 0 Å². The monoisotopic (exact) mass is 2000 g/mol. The quantitative estimate of drug-likeness (QED) is 0.183. The van der Waals surface area contributed by atoms with Gasteiger partial charge in [-0.1, -0.05) is 91.7 Å². The second-order valence-corrected chi connectivity index (χ2v) is 52.7. The maximum Gasteiger partial charge on any atom is 0.410 e. The second-order valence-electron chi connectivity index (χ2n) is 52.7. The molecule has 11 aliphatic heterocycles. The average molecular weight is 2000 g/mol. The summed E-state index contributed by atoms with van der Waals surface area (Å²) in [7, 11) is 4.33. The SMILES string of the molecule is CC(C)(C)OC(=O)N1CCC(N2CCC(F)(F)CC2)CC1(C)C.CC(C)(C)OC(=O)N1CCC(N2CCCC(c3ccccc3)C2)CC1(C)C.CC(C)(C)OC(=O)N1CCC(N2CCCCC2)CC1(C)C.CC(C)(C)OC(=O)N1CCC(N2CCCCC2c2ccccc2)CC1(C)C.CN(c1ccccc1)C1CCN(C(=O)OC(C)(C)C)C(C)(C)C1.CN1CCN(C2CCN(C(=O)OC(C)(C)C)C(C)(C)C2)CC1. The summed E-state index contributed by atoms with van der Waals surface area (Å²) in [6.07, 6.45) is 20.8. The predicted octanol–water partition coefficient (Wildman–Crippen LogP) is 24.7. The molecule has 6 amide bonds. The van der Waals surface area contributed by atoms with E-state index >= 15 is 0 Å². The summed E-state index contributed by atoms with van der Waals surface area (Å²) in [5.41, 5.74) is 0.239. The Balaban J connectivity index is 0.000000192. The number of likely N-dealkylation sites (tertiary alicyclic amines) is 10. The summed E-state index contributed by atoms with van der Waals surface area (Å²) in [6.45, 7) is 76.1. The largest absolute Gasteiger partial charge is 0.444 e. The second kappa shape index (κ2) is 49.4. The van der Waals surface area contributed by atoms with Crippen molar-refractivity contribution in [2.75, 3.05) is 130 Å². The zero-order chi connectivity index (χ0) is 106. The van der Waals surface area contributed by atoms with Crippen molar-refractivity contribution in [1.82, 2.24) is 58.8 Å². The number of ether oxygens (including phenoxy) is 6. The van der Waals surface area contributed by atoms with E-state index in [2.05, 4.69) is 203 Å². The Morgan fingerprint density at radius 3 is 0.930 bits per heavy atom. The third-order valence-corrected chi connectivity index (χ3v) is 30.8. The number of carbonyl (C=O) groups is 6. The first-order valence-electron chi connectivity index (χ1n) is 54.8. The standard InChI is InChI=1S/2C23H36N2O2.C19H30N2O2.C17H30F2N2O2.C17H33N3O2.C17H32N2O2/c1-22(2,3)27-21(26)25-16-14-19(17-23(25,4)5)24-15-10-9-13-20(24)18-11-7-6-8-12-18;1-22(2,3)27-21(26)25-15-13-20(16-23(25,4)5)24-14-9-12-19(17-24)18-10-7-6-8-11-18;1-18(2,3)23-17(22)21-13-12-16(14-19(21,4)5)20(6)15-10-8-7-9-11-15;1-15(2,3)23-14(22)21-9-6-13(12-16(21,4)5)20-10-7-17(18,19)8-11-20;1-16(2,3)22-15(21)20-8-7-14(13-17(20,4)5)19-11-9-18(6)10-12-19;1-16(2,3)21-15(20)19-12-9-14(13-17(19,4)5)18-10-7-6-8-11-18/h6-8,11-12,19-20H,9-10,13-17H2,1-5H3;6-8,10-11,19-20H,9,12-17H2,1-5H3;7-11,16H,12-14H2,1-6H3;13H,6-12H2,1-5H3;14H,7-13H2,1-6H3;14H,6-13H2,1-5H3. The molecule has 143 heavy (non-hydrogen) atoms. The van der Waals surface area contributed by atoms with Crippen LogP contribution in [0.4, 0.5) is 43.2 Å². The number of amides is 6. The lowest BCUT2D eigenvalue weighted by Crippen LogP contribution is -2.60. The lowest BCUT2D eigenvalue weighted by atomic mass is 9.83. The first-order chi connectivity index (χ1) is 66.1. The van der Waals surface area contributed by atoms with Crippen molar-refractivity contribution in [3.05, 3.63) is 102 Å². The predicted molar refractivity (Wildman–Crippen MR) is 575 cm³/mol. The van der Waals surface area contributed by atoms with Crippen molar-refractivity contribution >= 4 is 42.2 Å². The maximum atomic E-state index is 13.3. The maximum absolute atomic E-state index is 13.3. The molecular formula is C116H197F2N13O12. The molecule has 0 N–H and O–H groups in total. The van der Waals surface area contributed by atoms with Crippen LogP contribution in [0.1, 0.15) is 372 Å². The van der Waals surface area contributed by atoms with Crippen LogP contribution in [0.3, 0.4) is 0 Å². The number of rotatable bonds is 9. The Morgan fingerprint density at radius 1 is 0.301 bits per heavy atom. The molecule has 11 aliphatic rings.